The van der Waals surface area contributed by atoms with Gasteiger partial charge in [0, 0.05) is 13.1 Å². The smallest absolute Gasteiger partial charge is 0.214 e. The van der Waals surface area contributed by atoms with E-state index in [-0.39, 0.29) is 0 Å². The maximum Gasteiger partial charge on any atom is 0.214 e. The SMILES string of the molecule is CNCCCCS(=O)(=O)N1CCC2(CCCCC2)CC1. The van der Waals surface area contributed by atoms with Gasteiger partial charge in [0.2, 0.25) is 10.0 Å². The van der Waals surface area contributed by atoms with Crippen molar-refractivity contribution in [3.05, 3.63) is 0 Å². The molecule has 2 rings (SSSR count). The van der Waals surface area contributed by atoms with Crippen molar-refractivity contribution in [2.45, 2.75) is 57.8 Å². The number of nitrogens with zero attached hydrogens (tertiary/aromatic N) is 1. The Kier molecular flexibility index (Phi) is 5.87. The van der Waals surface area contributed by atoms with Gasteiger partial charge in [-0.15, -0.1) is 0 Å². The molecule has 2 fully saturated rings. The quantitative estimate of drug-likeness (QED) is 0.766. The van der Waals surface area contributed by atoms with Crippen LogP contribution in [0.3, 0.4) is 0 Å². The second-order valence-electron chi connectivity index (χ2n) is 6.59. The Morgan fingerprint density at radius 3 is 2.25 bits per heavy atom. The van der Waals surface area contributed by atoms with Crippen molar-refractivity contribution in [2.24, 2.45) is 5.41 Å². The molecular weight excluding hydrogens is 272 g/mol. The lowest BCUT2D eigenvalue weighted by atomic mass is 9.68. The fraction of sp³-hybridized carbons (Fsp3) is 1.00. The summed E-state index contributed by atoms with van der Waals surface area (Å²) in [5.41, 5.74) is 0.483. The summed E-state index contributed by atoms with van der Waals surface area (Å²) in [5, 5.41) is 3.06. The number of rotatable bonds is 6. The lowest BCUT2D eigenvalue weighted by molar-refractivity contribution is 0.102. The Balaban J connectivity index is 1.80. The first-order valence-corrected chi connectivity index (χ1v) is 9.81. The first-order chi connectivity index (χ1) is 9.58. The van der Waals surface area contributed by atoms with Crippen LogP contribution in [0.15, 0.2) is 0 Å². The number of nitrogens with one attached hydrogen (secondary N) is 1. The predicted octanol–water partition coefficient (Wildman–Crippen LogP) is 2.36. The van der Waals surface area contributed by atoms with Gasteiger partial charge in [-0.05, 0) is 57.5 Å². The van der Waals surface area contributed by atoms with Gasteiger partial charge in [0.15, 0.2) is 0 Å². The molecule has 118 valence electrons. The molecule has 0 radical (unpaired) electrons. The summed E-state index contributed by atoms with van der Waals surface area (Å²) in [7, 11) is -1.11. The Morgan fingerprint density at radius 2 is 1.65 bits per heavy atom. The first-order valence-electron chi connectivity index (χ1n) is 8.20. The van der Waals surface area contributed by atoms with Crippen LogP contribution in [0.5, 0.6) is 0 Å². The minimum Gasteiger partial charge on any atom is -0.320 e. The summed E-state index contributed by atoms with van der Waals surface area (Å²) in [6, 6.07) is 0. The van der Waals surface area contributed by atoms with E-state index in [0.717, 1.165) is 45.3 Å². The van der Waals surface area contributed by atoms with Crippen LogP contribution in [-0.2, 0) is 10.0 Å². The van der Waals surface area contributed by atoms with E-state index in [1.54, 1.807) is 4.31 Å². The predicted molar refractivity (Wildman–Crippen MR) is 83.3 cm³/mol. The van der Waals surface area contributed by atoms with Gasteiger partial charge in [0.25, 0.3) is 0 Å². The Morgan fingerprint density at radius 1 is 1.00 bits per heavy atom. The fourth-order valence-electron chi connectivity index (χ4n) is 3.76. The van der Waals surface area contributed by atoms with Crippen LogP contribution < -0.4 is 5.32 Å². The van der Waals surface area contributed by atoms with E-state index >= 15 is 0 Å². The van der Waals surface area contributed by atoms with Crippen molar-refractivity contribution < 1.29 is 8.42 Å². The van der Waals surface area contributed by atoms with Crippen molar-refractivity contribution >= 4 is 10.0 Å². The van der Waals surface area contributed by atoms with E-state index in [0.29, 0.717) is 11.2 Å². The molecule has 1 N–H and O–H groups in total. The molecule has 1 heterocycles. The zero-order chi connectivity index (χ0) is 14.5. The van der Waals surface area contributed by atoms with E-state index in [1.807, 2.05) is 7.05 Å². The first kappa shape index (κ1) is 16.2. The molecule has 1 aliphatic heterocycles. The topological polar surface area (TPSA) is 49.4 Å². The average Bonchev–Trinajstić information content (AvgIpc) is 2.45. The molecule has 1 aliphatic carbocycles. The molecule has 0 aromatic carbocycles. The van der Waals surface area contributed by atoms with E-state index in [1.165, 1.54) is 32.1 Å². The largest absolute Gasteiger partial charge is 0.320 e. The molecule has 0 amide bonds. The summed E-state index contributed by atoms with van der Waals surface area (Å²) in [5.74, 6) is 0.321. The molecule has 0 aromatic heterocycles. The van der Waals surface area contributed by atoms with Crippen LogP contribution in [0.1, 0.15) is 57.8 Å². The number of unbranched alkanes of at least 4 members (excludes halogenated alkanes) is 1. The van der Waals surface area contributed by atoms with Gasteiger partial charge >= 0.3 is 0 Å². The highest BCUT2D eigenvalue weighted by atomic mass is 32.2. The Hall–Kier alpha value is -0.130. The molecule has 1 spiro atoms. The molecule has 4 nitrogen and oxygen atoms in total. The minimum absolute atomic E-state index is 0.321. The molecule has 1 saturated carbocycles. The summed E-state index contributed by atoms with van der Waals surface area (Å²) in [4.78, 5) is 0. The van der Waals surface area contributed by atoms with Gasteiger partial charge in [-0.1, -0.05) is 19.3 Å². The number of sulfonamides is 1. The molecule has 0 unspecified atom stereocenters. The van der Waals surface area contributed by atoms with Crippen molar-refractivity contribution in [1.29, 1.82) is 0 Å². The highest BCUT2D eigenvalue weighted by Crippen LogP contribution is 2.44. The Labute approximate surface area is 124 Å². The van der Waals surface area contributed by atoms with Crippen molar-refractivity contribution in [2.75, 3.05) is 32.4 Å². The molecule has 1 saturated heterocycles. The van der Waals surface area contributed by atoms with Gasteiger partial charge in [0.1, 0.15) is 0 Å². The zero-order valence-corrected chi connectivity index (χ0v) is 13.7. The van der Waals surface area contributed by atoms with Gasteiger partial charge in [-0.2, -0.15) is 0 Å². The molecule has 0 bridgehead atoms. The molecule has 20 heavy (non-hydrogen) atoms. The van der Waals surface area contributed by atoms with Gasteiger partial charge in [-0.25, -0.2) is 12.7 Å². The number of hydrogen-bond acceptors (Lipinski definition) is 3. The van der Waals surface area contributed by atoms with Crippen molar-refractivity contribution in [3.8, 4) is 0 Å². The second kappa shape index (κ2) is 7.23. The third-order valence-corrected chi connectivity index (χ3v) is 7.13. The lowest BCUT2D eigenvalue weighted by Gasteiger charge is -2.43. The van der Waals surface area contributed by atoms with Crippen molar-refractivity contribution in [3.63, 3.8) is 0 Å². The number of hydrogen-bond donors (Lipinski definition) is 1. The van der Waals surface area contributed by atoms with Crippen LogP contribution in [-0.4, -0.2) is 45.2 Å². The number of piperidine rings is 1. The van der Waals surface area contributed by atoms with Gasteiger partial charge in [0.05, 0.1) is 5.75 Å². The van der Waals surface area contributed by atoms with E-state index in [9.17, 15) is 8.42 Å². The van der Waals surface area contributed by atoms with Gasteiger partial charge < -0.3 is 5.32 Å². The van der Waals surface area contributed by atoms with E-state index < -0.39 is 10.0 Å². The summed E-state index contributed by atoms with van der Waals surface area (Å²) in [6.07, 6.45) is 10.6. The Bertz CT molecular complexity index is 379. The monoisotopic (exact) mass is 302 g/mol. The van der Waals surface area contributed by atoms with Crippen LogP contribution in [0.2, 0.25) is 0 Å². The molecule has 2 aliphatic rings. The maximum atomic E-state index is 12.3. The molecule has 0 atom stereocenters. The third kappa shape index (κ3) is 4.18. The van der Waals surface area contributed by atoms with Crippen LogP contribution in [0.25, 0.3) is 0 Å². The summed E-state index contributed by atoms with van der Waals surface area (Å²) in [6.45, 7) is 2.42. The maximum absolute atomic E-state index is 12.3. The van der Waals surface area contributed by atoms with E-state index in [4.69, 9.17) is 0 Å². The standard InChI is InChI=1S/C15H30N2O2S/c1-16-11-5-6-14-20(18,19)17-12-9-15(10-13-17)7-3-2-4-8-15/h16H,2-14H2,1H3. The van der Waals surface area contributed by atoms with Crippen LogP contribution in [0.4, 0.5) is 0 Å². The third-order valence-electron chi connectivity index (χ3n) is 5.17. The summed E-state index contributed by atoms with van der Waals surface area (Å²) >= 11 is 0. The molecular formula is C15H30N2O2S. The second-order valence-corrected chi connectivity index (χ2v) is 8.67. The lowest BCUT2D eigenvalue weighted by Crippen LogP contribution is -2.44. The zero-order valence-electron chi connectivity index (χ0n) is 12.9. The average molecular weight is 302 g/mol. The minimum atomic E-state index is -3.01. The van der Waals surface area contributed by atoms with Crippen LogP contribution >= 0.6 is 0 Å². The molecule has 5 heteroatoms. The van der Waals surface area contributed by atoms with Crippen molar-refractivity contribution in [1.82, 2.24) is 9.62 Å². The van der Waals surface area contributed by atoms with Gasteiger partial charge in [-0.3, -0.25) is 0 Å². The summed E-state index contributed by atoms with van der Waals surface area (Å²) < 4.78 is 26.4. The highest BCUT2D eigenvalue weighted by Gasteiger charge is 2.38. The fourth-order valence-corrected chi connectivity index (χ4v) is 5.32. The van der Waals surface area contributed by atoms with Crippen LogP contribution in [0, 0.1) is 5.41 Å². The molecule has 0 aromatic rings. The normalized spacial score (nSPS) is 24.1. The van der Waals surface area contributed by atoms with E-state index in [2.05, 4.69) is 5.32 Å². The highest BCUT2D eigenvalue weighted by molar-refractivity contribution is 7.89.